The summed E-state index contributed by atoms with van der Waals surface area (Å²) in [4.78, 5) is 0. The summed E-state index contributed by atoms with van der Waals surface area (Å²) in [6.45, 7) is 2.72. The van der Waals surface area contributed by atoms with Gasteiger partial charge in [-0.1, -0.05) is 31.2 Å². The van der Waals surface area contributed by atoms with E-state index < -0.39 is 23.0 Å². The molecule has 108 valence electrons. The van der Waals surface area contributed by atoms with E-state index >= 15 is 0 Å². The lowest BCUT2D eigenvalue weighted by molar-refractivity contribution is 0.153. The summed E-state index contributed by atoms with van der Waals surface area (Å²) >= 11 is 0. The predicted octanol–water partition coefficient (Wildman–Crippen LogP) is 1.48. The molecule has 19 heavy (non-hydrogen) atoms. The smallest absolute Gasteiger partial charge is 0.251 e. The van der Waals surface area contributed by atoms with Gasteiger partial charge in [0.25, 0.3) is 6.43 Å². The van der Waals surface area contributed by atoms with Crippen molar-refractivity contribution in [1.82, 2.24) is 10.0 Å². The van der Waals surface area contributed by atoms with Gasteiger partial charge in [-0.15, -0.1) is 0 Å². The van der Waals surface area contributed by atoms with Gasteiger partial charge in [0.15, 0.2) is 0 Å². The van der Waals surface area contributed by atoms with Gasteiger partial charge in [0.2, 0.25) is 10.0 Å². The van der Waals surface area contributed by atoms with E-state index in [-0.39, 0.29) is 5.75 Å². The summed E-state index contributed by atoms with van der Waals surface area (Å²) in [6, 6.07) is 7.02. The second-order valence-corrected chi connectivity index (χ2v) is 5.90. The molecular weight excluding hydrogens is 274 g/mol. The topological polar surface area (TPSA) is 58.2 Å². The first-order valence-corrected chi connectivity index (χ1v) is 7.62. The Morgan fingerprint density at radius 2 is 1.74 bits per heavy atom. The molecule has 0 bridgehead atoms. The molecule has 0 fully saturated rings. The highest BCUT2D eigenvalue weighted by Gasteiger charge is 2.13. The average molecular weight is 292 g/mol. The molecule has 0 radical (unpaired) electrons. The molecule has 0 unspecified atom stereocenters. The van der Waals surface area contributed by atoms with Gasteiger partial charge in [-0.3, -0.25) is 0 Å². The van der Waals surface area contributed by atoms with Crippen molar-refractivity contribution in [2.75, 3.05) is 13.1 Å². The lowest BCUT2D eigenvalue weighted by Crippen LogP contribution is -2.29. The van der Waals surface area contributed by atoms with Crippen LogP contribution in [-0.4, -0.2) is 27.9 Å². The molecule has 1 rings (SSSR count). The van der Waals surface area contributed by atoms with Crippen LogP contribution in [0.4, 0.5) is 8.78 Å². The third-order valence-corrected chi connectivity index (χ3v) is 3.74. The van der Waals surface area contributed by atoms with Crippen molar-refractivity contribution in [3.8, 4) is 0 Å². The lowest BCUT2D eigenvalue weighted by atomic mass is 10.1. The second kappa shape index (κ2) is 7.52. The largest absolute Gasteiger partial charge is 0.313 e. The van der Waals surface area contributed by atoms with E-state index in [4.69, 9.17) is 0 Å². The number of hydrogen-bond acceptors (Lipinski definition) is 3. The lowest BCUT2D eigenvalue weighted by Gasteiger charge is -2.07. The van der Waals surface area contributed by atoms with Gasteiger partial charge >= 0.3 is 0 Å². The summed E-state index contributed by atoms with van der Waals surface area (Å²) in [5.41, 5.74) is 1.62. The summed E-state index contributed by atoms with van der Waals surface area (Å²) in [7, 11) is -3.71. The standard InChI is InChI=1S/C12H18F2N2O2S/c1-2-15-7-10-3-5-11(6-4-10)9-19(17,18)16-8-12(13)14/h3-6,12,15-16H,2,7-9H2,1H3. The quantitative estimate of drug-likeness (QED) is 0.763. The van der Waals surface area contributed by atoms with E-state index in [0.717, 1.165) is 12.1 Å². The monoisotopic (exact) mass is 292 g/mol. The minimum Gasteiger partial charge on any atom is -0.313 e. The Kier molecular flexibility index (Phi) is 6.33. The molecule has 0 aliphatic heterocycles. The van der Waals surface area contributed by atoms with Gasteiger partial charge in [0, 0.05) is 6.54 Å². The molecule has 0 saturated heterocycles. The van der Waals surface area contributed by atoms with E-state index in [1.54, 1.807) is 12.1 Å². The summed E-state index contributed by atoms with van der Waals surface area (Å²) in [5.74, 6) is -0.290. The van der Waals surface area contributed by atoms with E-state index in [1.165, 1.54) is 0 Å². The third-order valence-electron chi connectivity index (χ3n) is 2.42. The number of hydrogen-bond donors (Lipinski definition) is 2. The number of benzene rings is 1. The molecule has 4 nitrogen and oxygen atoms in total. The normalized spacial score (nSPS) is 12.0. The van der Waals surface area contributed by atoms with E-state index in [0.29, 0.717) is 12.1 Å². The Bertz CT molecular complexity index is 475. The molecule has 0 aliphatic rings. The van der Waals surface area contributed by atoms with Crippen LogP contribution in [0.3, 0.4) is 0 Å². The molecule has 1 aromatic carbocycles. The Balaban J connectivity index is 2.57. The Morgan fingerprint density at radius 3 is 2.26 bits per heavy atom. The fraction of sp³-hybridized carbons (Fsp3) is 0.500. The molecule has 0 aliphatic carbocycles. The molecule has 0 saturated carbocycles. The van der Waals surface area contributed by atoms with Gasteiger partial charge in [0.1, 0.15) is 0 Å². The first-order chi connectivity index (χ1) is 8.93. The Morgan fingerprint density at radius 1 is 1.16 bits per heavy atom. The Hall–Kier alpha value is -1.05. The maximum Gasteiger partial charge on any atom is 0.251 e. The van der Waals surface area contributed by atoms with Crippen molar-refractivity contribution in [1.29, 1.82) is 0 Å². The van der Waals surface area contributed by atoms with Gasteiger partial charge < -0.3 is 5.32 Å². The molecule has 1 aromatic rings. The average Bonchev–Trinajstić information content (AvgIpc) is 2.35. The number of halogens is 2. The minimum absolute atomic E-state index is 0.290. The number of nitrogens with one attached hydrogen (secondary N) is 2. The van der Waals surface area contributed by atoms with Crippen molar-refractivity contribution in [2.45, 2.75) is 25.6 Å². The van der Waals surface area contributed by atoms with Crippen LogP contribution in [0.5, 0.6) is 0 Å². The highest BCUT2D eigenvalue weighted by Crippen LogP contribution is 2.08. The molecule has 0 atom stereocenters. The second-order valence-electron chi connectivity index (χ2n) is 4.10. The fourth-order valence-electron chi connectivity index (χ4n) is 1.48. The van der Waals surface area contributed by atoms with Crippen LogP contribution in [0.1, 0.15) is 18.1 Å². The molecular formula is C12H18F2N2O2S. The van der Waals surface area contributed by atoms with Gasteiger partial charge in [-0.05, 0) is 17.7 Å². The maximum absolute atomic E-state index is 11.9. The molecule has 0 aromatic heterocycles. The predicted molar refractivity (Wildman–Crippen MR) is 70.5 cm³/mol. The fourth-order valence-corrected chi connectivity index (χ4v) is 2.60. The van der Waals surface area contributed by atoms with Crippen molar-refractivity contribution in [3.05, 3.63) is 35.4 Å². The highest BCUT2D eigenvalue weighted by atomic mass is 32.2. The van der Waals surface area contributed by atoms with Crippen LogP contribution in [0.25, 0.3) is 0 Å². The highest BCUT2D eigenvalue weighted by molar-refractivity contribution is 7.88. The molecule has 0 spiro atoms. The Labute approximate surface area is 112 Å². The summed E-state index contributed by atoms with van der Waals surface area (Å²) in [6.07, 6.45) is -2.68. The van der Waals surface area contributed by atoms with Crippen molar-refractivity contribution in [2.24, 2.45) is 0 Å². The number of rotatable bonds is 8. The molecule has 7 heteroatoms. The molecule has 0 amide bonds. The molecule has 0 heterocycles. The van der Waals surface area contributed by atoms with Gasteiger partial charge in [-0.25, -0.2) is 21.9 Å². The van der Waals surface area contributed by atoms with Crippen LogP contribution in [-0.2, 0) is 22.3 Å². The number of sulfonamides is 1. The van der Waals surface area contributed by atoms with Crippen LogP contribution < -0.4 is 10.0 Å². The zero-order valence-corrected chi connectivity index (χ0v) is 11.5. The van der Waals surface area contributed by atoms with E-state index in [2.05, 4.69) is 5.32 Å². The SMILES string of the molecule is CCNCc1ccc(CS(=O)(=O)NCC(F)F)cc1. The van der Waals surface area contributed by atoms with Crippen LogP contribution in [0.2, 0.25) is 0 Å². The maximum atomic E-state index is 11.9. The molecule has 2 N–H and O–H groups in total. The third kappa shape index (κ3) is 6.60. The van der Waals surface area contributed by atoms with E-state index in [1.807, 2.05) is 23.8 Å². The van der Waals surface area contributed by atoms with E-state index in [9.17, 15) is 17.2 Å². The van der Waals surface area contributed by atoms with Gasteiger partial charge in [0.05, 0.1) is 12.3 Å². The first kappa shape index (κ1) is 16.0. The van der Waals surface area contributed by atoms with Crippen molar-refractivity contribution in [3.63, 3.8) is 0 Å². The first-order valence-electron chi connectivity index (χ1n) is 5.97. The minimum atomic E-state index is -3.71. The number of alkyl halides is 2. The van der Waals surface area contributed by atoms with Crippen LogP contribution in [0, 0.1) is 0 Å². The van der Waals surface area contributed by atoms with Gasteiger partial charge in [-0.2, -0.15) is 0 Å². The van der Waals surface area contributed by atoms with Crippen LogP contribution >= 0.6 is 0 Å². The van der Waals surface area contributed by atoms with Crippen LogP contribution in [0.15, 0.2) is 24.3 Å². The zero-order valence-electron chi connectivity index (χ0n) is 10.7. The van der Waals surface area contributed by atoms with Crippen molar-refractivity contribution >= 4 is 10.0 Å². The summed E-state index contributed by atoms with van der Waals surface area (Å²) < 4.78 is 48.8. The zero-order chi connectivity index (χ0) is 14.3. The summed E-state index contributed by atoms with van der Waals surface area (Å²) in [5, 5.41) is 3.15. The van der Waals surface area contributed by atoms with Crippen molar-refractivity contribution < 1.29 is 17.2 Å².